The topological polar surface area (TPSA) is 128 Å². The predicted molar refractivity (Wildman–Crippen MR) is 97.2 cm³/mol. The van der Waals surface area contributed by atoms with Crippen LogP contribution < -0.4 is 26.4 Å². The Morgan fingerprint density at radius 1 is 1.35 bits per heavy atom. The number of hydrogen-bond acceptors (Lipinski definition) is 6. The van der Waals surface area contributed by atoms with Gasteiger partial charge in [0.25, 0.3) is 17.7 Å². The van der Waals surface area contributed by atoms with Gasteiger partial charge in [0.05, 0.1) is 17.6 Å². The molecule has 0 aliphatic carbocycles. The number of anilines is 1. The highest BCUT2D eigenvalue weighted by Crippen LogP contribution is 2.39. The molecule has 1 atom stereocenters. The molecule has 1 aromatic carbocycles. The number of primary amides is 2. The maximum absolute atomic E-state index is 12.4. The number of ether oxygens (including phenoxy) is 1. The van der Waals surface area contributed by atoms with Gasteiger partial charge in [-0.2, -0.15) is 0 Å². The third kappa shape index (κ3) is 2.97. The van der Waals surface area contributed by atoms with E-state index in [-0.39, 0.29) is 11.4 Å². The van der Waals surface area contributed by atoms with Crippen LogP contribution in [0, 0.1) is 6.92 Å². The molecule has 136 valence electrons. The van der Waals surface area contributed by atoms with E-state index in [1.807, 2.05) is 18.2 Å². The van der Waals surface area contributed by atoms with Crippen molar-refractivity contribution in [1.29, 1.82) is 0 Å². The predicted octanol–water partition coefficient (Wildman–Crippen LogP) is 0.725. The van der Waals surface area contributed by atoms with E-state index in [9.17, 15) is 14.4 Å². The maximum atomic E-state index is 12.4. The van der Waals surface area contributed by atoms with E-state index in [1.165, 1.54) is 0 Å². The minimum atomic E-state index is -1.03. The Balaban J connectivity index is 2.09. The van der Waals surface area contributed by atoms with E-state index >= 15 is 0 Å². The van der Waals surface area contributed by atoms with E-state index in [2.05, 4.69) is 5.32 Å². The highest BCUT2D eigenvalue weighted by atomic mass is 32.1. The van der Waals surface area contributed by atoms with Crippen LogP contribution in [0.25, 0.3) is 0 Å². The number of amides is 3. The van der Waals surface area contributed by atoms with Crippen LogP contribution in [0.1, 0.15) is 31.2 Å². The molecule has 1 unspecified atom stereocenters. The number of nitrogens with zero attached hydrogens (tertiary/aromatic N) is 1. The van der Waals surface area contributed by atoms with Crippen molar-refractivity contribution in [2.75, 3.05) is 12.0 Å². The number of methoxy groups -OCH3 is 1. The molecule has 2 heterocycles. The molecule has 0 fully saturated rings. The lowest BCUT2D eigenvalue weighted by Gasteiger charge is -2.35. The normalized spacial score (nSPS) is 16.0. The third-order valence-corrected chi connectivity index (χ3v) is 5.52. The first-order valence-electron chi connectivity index (χ1n) is 7.76. The second-order valence-corrected chi connectivity index (χ2v) is 6.86. The number of carbonyl (C=O) groups is 3. The number of benzene rings is 1. The third-order valence-electron chi connectivity index (χ3n) is 4.18. The summed E-state index contributed by atoms with van der Waals surface area (Å²) in [6.07, 6.45) is -1.03. The van der Waals surface area contributed by atoms with Crippen molar-refractivity contribution < 1.29 is 19.1 Å². The largest absolute Gasteiger partial charge is 0.497 e. The van der Waals surface area contributed by atoms with Crippen LogP contribution in [-0.2, 0) is 11.3 Å². The van der Waals surface area contributed by atoms with Crippen molar-refractivity contribution in [2.24, 2.45) is 11.5 Å². The summed E-state index contributed by atoms with van der Waals surface area (Å²) in [5.41, 5.74) is 12.6. The van der Waals surface area contributed by atoms with Gasteiger partial charge in [-0.05, 0) is 30.2 Å². The molecule has 0 saturated carbocycles. The first-order chi connectivity index (χ1) is 12.3. The Hall–Kier alpha value is -3.07. The number of nitrogens with one attached hydrogen (secondary N) is 1. The molecule has 1 aliphatic rings. The second-order valence-electron chi connectivity index (χ2n) is 5.86. The molecule has 2 aromatic rings. The van der Waals surface area contributed by atoms with Gasteiger partial charge in [0.1, 0.15) is 10.8 Å². The van der Waals surface area contributed by atoms with Gasteiger partial charge >= 0.3 is 0 Å². The van der Waals surface area contributed by atoms with E-state index in [0.717, 1.165) is 16.9 Å². The minimum Gasteiger partial charge on any atom is -0.497 e. The lowest BCUT2D eigenvalue weighted by atomic mass is 10.1. The number of carbonyl (C=O) groups excluding carboxylic acids is 3. The second kappa shape index (κ2) is 6.68. The summed E-state index contributed by atoms with van der Waals surface area (Å²) < 4.78 is 5.22. The van der Waals surface area contributed by atoms with Crippen molar-refractivity contribution in [3.63, 3.8) is 0 Å². The molecule has 0 saturated heterocycles. The van der Waals surface area contributed by atoms with Gasteiger partial charge in [-0.3, -0.25) is 14.4 Å². The lowest BCUT2D eigenvalue weighted by Crippen LogP contribution is -2.58. The number of thiophene rings is 1. The van der Waals surface area contributed by atoms with Gasteiger partial charge in [-0.25, -0.2) is 0 Å². The standard InChI is InChI=1S/C17H18N4O4S/c1-8-11-16(24)20-15(14(19)23)21(17(11)26-12(8)13(18)22)7-9-4-3-5-10(6-9)25-2/h3-6,15H,7H2,1-2H3,(H2,18,22)(H2,19,23)(H,20,24). The average molecular weight is 374 g/mol. The van der Waals surface area contributed by atoms with Gasteiger partial charge in [0.2, 0.25) is 0 Å². The molecule has 3 rings (SSSR count). The summed E-state index contributed by atoms with van der Waals surface area (Å²) in [6, 6.07) is 7.32. The van der Waals surface area contributed by atoms with E-state index in [0.29, 0.717) is 21.9 Å². The van der Waals surface area contributed by atoms with Gasteiger partial charge < -0.3 is 26.4 Å². The quantitative estimate of drug-likeness (QED) is 0.711. The number of nitrogens with two attached hydrogens (primary N) is 2. The zero-order valence-electron chi connectivity index (χ0n) is 14.2. The van der Waals surface area contributed by atoms with Gasteiger partial charge in [-0.1, -0.05) is 12.1 Å². The first kappa shape index (κ1) is 17.7. The van der Waals surface area contributed by atoms with Gasteiger partial charge in [-0.15, -0.1) is 11.3 Å². The first-order valence-corrected chi connectivity index (χ1v) is 8.58. The monoisotopic (exact) mass is 374 g/mol. The summed E-state index contributed by atoms with van der Waals surface area (Å²) in [7, 11) is 1.56. The summed E-state index contributed by atoms with van der Waals surface area (Å²) in [5.74, 6) is -1.10. The highest BCUT2D eigenvalue weighted by molar-refractivity contribution is 7.18. The van der Waals surface area contributed by atoms with Crippen LogP contribution in [0.15, 0.2) is 24.3 Å². The molecule has 0 spiro atoms. The number of hydrogen-bond donors (Lipinski definition) is 3. The Morgan fingerprint density at radius 3 is 2.69 bits per heavy atom. The van der Waals surface area contributed by atoms with Gasteiger partial charge in [0.15, 0.2) is 6.17 Å². The van der Waals surface area contributed by atoms with Crippen LogP contribution in [-0.4, -0.2) is 31.0 Å². The fraction of sp³-hybridized carbons (Fsp3) is 0.235. The maximum Gasteiger partial charge on any atom is 0.260 e. The van der Waals surface area contributed by atoms with E-state index in [4.69, 9.17) is 16.2 Å². The number of fused-ring (bicyclic) bond motifs is 1. The van der Waals surface area contributed by atoms with Crippen LogP contribution in [0.5, 0.6) is 5.75 Å². The molecule has 0 radical (unpaired) electrons. The summed E-state index contributed by atoms with van der Waals surface area (Å²) in [5, 5.41) is 3.09. The molecular formula is C17H18N4O4S. The molecule has 3 amide bonds. The Bertz CT molecular complexity index is 908. The Labute approximate surface area is 153 Å². The van der Waals surface area contributed by atoms with Crippen molar-refractivity contribution in [2.45, 2.75) is 19.6 Å². The Kier molecular flexibility index (Phi) is 4.56. The molecule has 1 aromatic heterocycles. The lowest BCUT2D eigenvalue weighted by molar-refractivity contribution is -0.119. The van der Waals surface area contributed by atoms with Crippen LogP contribution in [0.2, 0.25) is 0 Å². The summed E-state index contributed by atoms with van der Waals surface area (Å²) in [6.45, 7) is 1.94. The van der Waals surface area contributed by atoms with Crippen LogP contribution >= 0.6 is 11.3 Å². The van der Waals surface area contributed by atoms with E-state index in [1.54, 1.807) is 25.0 Å². The average Bonchev–Trinajstić information content (AvgIpc) is 2.95. The van der Waals surface area contributed by atoms with Gasteiger partial charge in [0, 0.05) is 6.54 Å². The molecule has 1 aliphatic heterocycles. The highest BCUT2D eigenvalue weighted by Gasteiger charge is 2.38. The molecule has 0 bridgehead atoms. The molecule has 5 N–H and O–H groups in total. The Morgan fingerprint density at radius 2 is 2.08 bits per heavy atom. The zero-order valence-corrected chi connectivity index (χ0v) is 15.1. The fourth-order valence-corrected chi connectivity index (χ4v) is 4.13. The molecule has 26 heavy (non-hydrogen) atoms. The van der Waals surface area contributed by atoms with Crippen LogP contribution in [0.4, 0.5) is 5.00 Å². The zero-order chi connectivity index (χ0) is 19.0. The summed E-state index contributed by atoms with van der Waals surface area (Å²) in [4.78, 5) is 38.0. The smallest absolute Gasteiger partial charge is 0.260 e. The SMILES string of the molecule is COc1cccc(CN2c3sc(C(N)=O)c(C)c3C(=O)NC2C(N)=O)c1. The molecule has 9 heteroatoms. The molecule has 8 nitrogen and oxygen atoms in total. The van der Waals surface area contributed by atoms with Crippen LogP contribution in [0.3, 0.4) is 0 Å². The number of rotatable bonds is 5. The van der Waals surface area contributed by atoms with E-state index < -0.39 is 23.9 Å². The van der Waals surface area contributed by atoms with Crippen molar-refractivity contribution in [3.8, 4) is 5.75 Å². The minimum absolute atomic E-state index is 0.283. The van der Waals surface area contributed by atoms with Crippen molar-refractivity contribution in [1.82, 2.24) is 5.32 Å². The van der Waals surface area contributed by atoms with Crippen molar-refractivity contribution >= 4 is 34.1 Å². The van der Waals surface area contributed by atoms with Crippen molar-refractivity contribution in [3.05, 3.63) is 45.8 Å². The molecular weight excluding hydrogens is 356 g/mol. The fourth-order valence-electron chi connectivity index (χ4n) is 2.95. The summed E-state index contributed by atoms with van der Waals surface area (Å²) >= 11 is 1.08.